The smallest absolute Gasteiger partial charge is 0.258 e. The molecule has 14 heteroatoms. The number of H-pyrrole nitrogens is 1. The van der Waals surface area contributed by atoms with Crippen LogP contribution in [0.4, 0.5) is 26.0 Å². The number of hydrogen-bond donors (Lipinski definition) is 3. The molecular weight excluding hydrogens is 568 g/mol. The van der Waals surface area contributed by atoms with Gasteiger partial charge in [0.2, 0.25) is 10.0 Å². The number of nitrogens with one attached hydrogen (secondary N) is 3. The van der Waals surface area contributed by atoms with Crippen LogP contribution in [0.15, 0.2) is 41.3 Å². The Labute approximate surface area is 243 Å². The number of ether oxygens (including phenoxy) is 1. The van der Waals surface area contributed by atoms with E-state index in [4.69, 9.17) is 4.74 Å². The number of rotatable bonds is 9. The van der Waals surface area contributed by atoms with Crippen molar-refractivity contribution in [1.82, 2.24) is 19.4 Å². The van der Waals surface area contributed by atoms with Crippen molar-refractivity contribution in [3.8, 4) is 0 Å². The first-order chi connectivity index (χ1) is 20.0. The number of benzene rings is 2. The van der Waals surface area contributed by atoms with Gasteiger partial charge >= 0.3 is 0 Å². The highest BCUT2D eigenvalue weighted by atomic mass is 32.2. The third-order valence-corrected chi connectivity index (χ3v) is 9.36. The lowest BCUT2D eigenvalue weighted by molar-refractivity contribution is 0.102. The number of piperazine rings is 1. The van der Waals surface area contributed by atoms with Crippen LogP contribution in [-0.4, -0.2) is 93.3 Å². The van der Waals surface area contributed by atoms with E-state index >= 15 is 0 Å². The summed E-state index contributed by atoms with van der Waals surface area (Å²) in [5.74, 6) is -2.19. The van der Waals surface area contributed by atoms with E-state index in [1.807, 2.05) is 19.1 Å². The van der Waals surface area contributed by atoms with Crippen LogP contribution in [0, 0.1) is 11.6 Å². The molecule has 0 unspecified atom stereocenters. The van der Waals surface area contributed by atoms with Crippen LogP contribution < -0.4 is 15.5 Å². The number of carbonyl (C=O) groups excluding carboxylic acids is 1. The first-order valence-electron chi connectivity index (χ1n) is 13.7. The molecule has 1 amide bonds. The molecule has 0 spiro atoms. The molecule has 11 nitrogen and oxygen atoms in total. The summed E-state index contributed by atoms with van der Waals surface area (Å²) < 4.78 is 60.4. The SMILES string of the molecule is COC[C@@H](C)Nc1cc(N2CCN(C)CC2)ccc1C(=O)Nc1n[nH]c2c1CN(S(=O)(=O)c1cc(F)cc(F)c1)CC2. The minimum Gasteiger partial charge on any atom is -0.383 e. The highest BCUT2D eigenvalue weighted by Crippen LogP contribution is 2.31. The molecule has 2 aliphatic heterocycles. The summed E-state index contributed by atoms with van der Waals surface area (Å²) in [4.78, 5) is 17.7. The van der Waals surface area contributed by atoms with E-state index in [0.717, 1.165) is 48.3 Å². The lowest BCUT2D eigenvalue weighted by Gasteiger charge is -2.34. The number of fused-ring (bicyclic) bond motifs is 1. The number of methoxy groups -OCH3 is 1. The maximum atomic E-state index is 13.8. The monoisotopic (exact) mass is 603 g/mol. The Bertz CT molecular complexity index is 1540. The van der Waals surface area contributed by atoms with Gasteiger partial charge in [-0.05, 0) is 44.3 Å². The number of sulfonamides is 1. The molecule has 1 atom stereocenters. The van der Waals surface area contributed by atoms with Crippen molar-refractivity contribution in [2.24, 2.45) is 0 Å². The summed E-state index contributed by atoms with van der Waals surface area (Å²) in [5, 5.41) is 13.3. The van der Waals surface area contributed by atoms with Crippen LogP contribution in [0.2, 0.25) is 0 Å². The minimum absolute atomic E-state index is 0.0751. The van der Waals surface area contributed by atoms with Crippen molar-refractivity contribution in [2.45, 2.75) is 30.8 Å². The molecule has 3 N–H and O–H groups in total. The lowest BCUT2D eigenvalue weighted by Crippen LogP contribution is -2.44. The van der Waals surface area contributed by atoms with E-state index in [2.05, 4.69) is 37.7 Å². The number of carbonyl (C=O) groups is 1. The van der Waals surface area contributed by atoms with Crippen LogP contribution >= 0.6 is 0 Å². The first kappa shape index (κ1) is 29.9. The van der Waals surface area contributed by atoms with E-state index < -0.39 is 32.5 Å². The maximum absolute atomic E-state index is 13.8. The molecule has 226 valence electrons. The van der Waals surface area contributed by atoms with Gasteiger partial charge in [-0.15, -0.1) is 0 Å². The number of halogens is 2. The quantitative estimate of drug-likeness (QED) is 0.341. The van der Waals surface area contributed by atoms with Crippen molar-refractivity contribution in [2.75, 3.05) is 69.0 Å². The Balaban J connectivity index is 1.38. The Morgan fingerprint density at radius 2 is 1.81 bits per heavy atom. The second kappa shape index (κ2) is 12.3. The van der Waals surface area contributed by atoms with Gasteiger partial charge in [0.15, 0.2) is 5.82 Å². The summed E-state index contributed by atoms with van der Waals surface area (Å²) in [5.41, 5.74) is 3.20. The fourth-order valence-corrected chi connectivity index (χ4v) is 6.70. The van der Waals surface area contributed by atoms with Crippen LogP contribution in [0.3, 0.4) is 0 Å². The van der Waals surface area contributed by atoms with Crippen LogP contribution in [0.5, 0.6) is 0 Å². The second-order valence-corrected chi connectivity index (χ2v) is 12.6. The van der Waals surface area contributed by atoms with Crippen molar-refractivity contribution < 1.29 is 26.7 Å². The molecule has 2 aliphatic rings. The topological polar surface area (TPSA) is 123 Å². The van der Waals surface area contributed by atoms with Crippen molar-refractivity contribution in [1.29, 1.82) is 0 Å². The van der Waals surface area contributed by atoms with Crippen molar-refractivity contribution >= 4 is 33.1 Å². The van der Waals surface area contributed by atoms with Gasteiger partial charge in [-0.2, -0.15) is 9.40 Å². The van der Waals surface area contributed by atoms with Gasteiger partial charge in [-0.3, -0.25) is 9.89 Å². The van der Waals surface area contributed by atoms with Gasteiger partial charge in [0.05, 0.1) is 17.1 Å². The number of hydrogen-bond acceptors (Lipinski definition) is 8. The third-order valence-electron chi connectivity index (χ3n) is 7.54. The van der Waals surface area contributed by atoms with Crippen molar-refractivity contribution in [3.05, 3.63) is 64.9 Å². The van der Waals surface area contributed by atoms with E-state index in [0.29, 0.717) is 35.2 Å². The van der Waals surface area contributed by atoms with E-state index in [-0.39, 0.29) is 31.4 Å². The molecule has 3 aromatic rings. The summed E-state index contributed by atoms with van der Waals surface area (Å²) in [7, 11) is -0.497. The number of aromatic nitrogens is 2. The summed E-state index contributed by atoms with van der Waals surface area (Å²) in [6.07, 6.45) is 0.288. The lowest BCUT2D eigenvalue weighted by atomic mass is 10.1. The number of aromatic amines is 1. The Hall–Kier alpha value is -3.59. The summed E-state index contributed by atoms with van der Waals surface area (Å²) in [6.45, 7) is 5.98. The zero-order valence-corrected chi connectivity index (χ0v) is 24.6. The molecule has 0 radical (unpaired) electrons. The van der Waals surface area contributed by atoms with Gasteiger partial charge in [0.1, 0.15) is 11.6 Å². The number of likely N-dealkylation sites (N-methyl/N-ethyl adjacent to an activating group) is 1. The zero-order chi connectivity index (χ0) is 30.0. The maximum Gasteiger partial charge on any atom is 0.258 e. The zero-order valence-electron chi connectivity index (χ0n) is 23.8. The fourth-order valence-electron chi connectivity index (χ4n) is 5.25. The predicted molar refractivity (Wildman–Crippen MR) is 155 cm³/mol. The minimum atomic E-state index is -4.20. The van der Waals surface area contributed by atoms with Crippen molar-refractivity contribution in [3.63, 3.8) is 0 Å². The number of nitrogens with zero attached hydrogens (tertiary/aromatic N) is 4. The normalized spacial score (nSPS) is 17.1. The highest BCUT2D eigenvalue weighted by Gasteiger charge is 2.32. The largest absolute Gasteiger partial charge is 0.383 e. The standard InChI is InChI=1S/C28H35F2N7O4S/c1-18(17-41-3)31-26-15-21(36-10-8-35(2)9-11-36)4-5-23(26)28(38)32-27-24-16-37(7-6-25(24)33-34-27)42(39,40)22-13-19(29)12-20(30)14-22/h4-5,12-15,18,31H,6-11,16-17H2,1-3H3,(H2,32,33,34,38)/t18-/m1/s1. The number of anilines is 3. The summed E-state index contributed by atoms with van der Waals surface area (Å²) >= 11 is 0. The average molecular weight is 604 g/mol. The van der Waals surface area contributed by atoms with Crippen LogP contribution in [0.1, 0.15) is 28.5 Å². The van der Waals surface area contributed by atoms with Crippen LogP contribution in [0.25, 0.3) is 0 Å². The van der Waals surface area contributed by atoms with Gasteiger partial charge in [-0.25, -0.2) is 17.2 Å². The molecule has 1 aromatic heterocycles. The Morgan fingerprint density at radius 3 is 2.50 bits per heavy atom. The molecule has 1 fully saturated rings. The fraction of sp³-hybridized carbons (Fsp3) is 0.429. The van der Waals surface area contributed by atoms with Crippen LogP contribution in [-0.2, 0) is 27.7 Å². The molecule has 5 rings (SSSR count). The Kier molecular flexibility index (Phi) is 8.78. The molecule has 2 aromatic carbocycles. The first-order valence-corrected chi connectivity index (χ1v) is 15.2. The highest BCUT2D eigenvalue weighted by molar-refractivity contribution is 7.89. The molecule has 3 heterocycles. The molecule has 0 saturated carbocycles. The molecule has 42 heavy (non-hydrogen) atoms. The molecule has 0 bridgehead atoms. The molecule has 1 saturated heterocycles. The number of amides is 1. The average Bonchev–Trinajstić information content (AvgIpc) is 3.34. The van der Waals surface area contributed by atoms with E-state index in [1.54, 1.807) is 13.2 Å². The predicted octanol–water partition coefficient (Wildman–Crippen LogP) is 2.89. The van der Waals surface area contributed by atoms with E-state index in [1.165, 1.54) is 0 Å². The van der Waals surface area contributed by atoms with Gasteiger partial charge < -0.3 is 25.2 Å². The van der Waals surface area contributed by atoms with Gasteiger partial charge in [0, 0.05) is 87.5 Å². The second-order valence-electron chi connectivity index (χ2n) is 10.7. The van der Waals surface area contributed by atoms with Gasteiger partial charge in [-0.1, -0.05) is 0 Å². The van der Waals surface area contributed by atoms with E-state index in [9.17, 15) is 22.0 Å². The van der Waals surface area contributed by atoms with Gasteiger partial charge in [0.25, 0.3) is 5.91 Å². The summed E-state index contributed by atoms with van der Waals surface area (Å²) in [6, 6.07) is 7.76. The molecular formula is C28H35F2N7O4S. The Morgan fingerprint density at radius 1 is 1.10 bits per heavy atom. The third kappa shape index (κ3) is 6.41. The molecule has 0 aliphatic carbocycles.